The highest BCUT2D eigenvalue weighted by Gasteiger charge is 2.34. The predicted octanol–water partition coefficient (Wildman–Crippen LogP) is 3.42. The first-order chi connectivity index (χ1) is 10.5. The maximum Gasteiger partial charge on any atom is 0.410 e. The minimum Gasteiger partial charge on any atom is -0.493 e. The van der Waals surface area contributed by atoms with E-state index in [0.29, 0.717) is 18.9 Å². The molecule has 0 spiro atoms. The van der Waals surface area contributed by atoms with E-state index in [-0.39, 0.29) is 18.1 Å². The fraction of sp³-hybridized carbons (Fsp3) is 0.588. The number of amides is 1. The van der Waals surface area contributed by atoms with Crippen molar-refractivity contribution in [3.8, 4) is 11.5 Å². The molecular formula is C17H25NO4. The Hall–Kier alpha value is -1.91. The van der Waals surface area contributed by atoms with E-state index in [1.165, 1.54) is 5.56 Å². The van der Waals surface area contributed by atoms with Gasteiger partial charge < -0.3 is 19.1 Å². The summed E-state index contributed by atoms with van der Waals surface area (Å²) in [5.41, 5.74) is 2.32. The quantitative estimate of drug-likeness (QED) is 0.855. The van der Waals surface area contributed by atoms with Crippen LogP contribution in [0.1, 0.15) is 37.9 Å². The second-order valence-electron chi connectivity index (χ2n) is 5.74. The summed E-state index contributed by atoms with van der Waals surface area (Å²) in [5.74, 6) is 1.70. The molecule has 2 rings (SSSR count). The third-order valence-electron chi connectivity index (χ3n) is 4.06. The van der Waals surface area contributed by atoms with E-state index in [0.717, 1.165) is 17.7 Å². The minimum atomic E-state index is -0.248. The number of fused-ring (bicyclic) bond motifs is 1. The summed E-state index contributed by atoms with van der Waals surface area (Å²) in [5, 5.41) is 0. The Morgan fingerprint density at radius 2 is 1.91 bits per heavy atom. The normalized spacial score (nSPS) is 17.2. The molecule has 5 heteroatoms. The van der Waals surface area contributed by atoms with E-state index in [4.69, 9.17) is 14.2 Å². The van der Waals surface area contributed by atoms with Gasteiger partial charge in [0, 0.05) is 6.54 Å². The van der Waals surface area contributed by atoms with Crippen LogP contribution < -0.4 is 9.47 Å². The molecule has 1 heterocycles. The predicted molar refractivity (Wildman–Crippen MR) is 84.6 cm³/mol. The Kier molecular flexibility index (Phi) is 5.16. The zero-order valence-corrected chi connectivity index (χ0v) is 14.0. The molecule has 1 aliphatic rings. The Balaban J connectivity index is 2.46. The van der Waals surface area contributed by atoms with Gasteiger partial charge in [-0.05, 0) is 42.5 Å². The summed E-state index contributed by atoms with van der Waals surface area (Å²) in [6, 6.07) is 4.00. The van der Waals surface area contributed by atoms with Gasteiger partial charge in [-0.2, -0.15) is 0 Å². The second-order valence-corrected chi connectivity index (χ2v) is 5.74. The van der Waals surface area contributed by atoms with Crippen molar-refractivity contribution in [2.45, 2.75) is 33.2 Å². The fourth-order valence-electron chi connectivity index (χ4n) is 3.11. The van der Waals surface area contributed by atoms with E-state index in [2.05, 4.69) is 13.8 Å². The highest BCUT2D eigenvalue weighted by atomic mass is 16.6. The van der Waals surface area contributed by atoms with Crippen molar-refractivity contribution in [1.29, 1.82) is 0 Å². The maximum atomic E-state index is 12.2. The van der Waals surface area contributed by atoms with Crippen molar-refractivity contribution >= 4 is 6.09 Å². The molecule has 1 atom stereocenters. The first kappa shape index (κ1) is 16.5. The van der Waals surface area contributed by atoms with Crippen LogP contribution in [0.4, 0.5) is 4.79 Å². The largest absolute Gasteiger partial charge is 0.493 e. The summed E-state index contributed by atoms with van der Waals surface area (Å²) in [6.07, 6.45) is 0.541. The zero-order valence-electron chi connectivity index (χ0n) is 14.0. The van der Waals surface area contributed by atoms with Gasteiger partial charge in [0.05, 0.1) is 26.9 Å². The third kappa shape index (κ3) is 2.98. The molecule has 0 aromatic heterocycles. The minimum absolute atomic E-state index is 0.0115. The highest BCUT2D eigenvalue weighted by Crippen LogP contribution is 2.41. The Labute approximate surface area is 132 Å². The molecule has 1 aromatic rings. The molecule has 1 aromatic carbocycles. The summed E-state index contributed by atoms with van der Waals surface area (Å²) >= 11 is 0. The van der Waals surface area contributed by atoms with Crippen LogP contribution in [-0.4, -0.2) is 38.4 Å². The van der Waals surface area contributed by atoms with Gasteiger partial charge in [-0.3, -0.25) is 0 Å². The van der Waals surface area contributed by atoms with Crippen molar-refractivity contribution in [1.82, 2.24) is 4.90 Å². The number of carbonyl (C=O) groups is 1. The average molecular weight is 307 g/mol. The first-order valence-corrected chi connectivity index (χ1v) is 7.71. The Bertz CT molecular complexity index is 542. The standard InChI is InChI=1S/C17H25NO4/c1-6-22-17(19)18-8-7-12-9-14(20-4)15(21-5)10-13(12)16(18)11(2)3/h9-11,16H,6-8H2,1-5H3. The van der Waals surface area contributed by atoms with Gasteiger partial charge in [0.1, 0.15) is 0 Å². The van der Waals surface area contributed by atoms with Gasteiger partial charge in [-0.25, -0.2) is 4.79 Å². The molecule has 0 fully saturated rings. The van der Waals surface area contributed by atoms with Crippen LogP contribution in [0.25, 0.3) is 0 Å². The number of rotatable bonds is 4. The van der Waals surface area contributed by atoms with E-state index in [9.17, 15) is 4.79 Å². The van der Waals surface area contributed by atoms with E-state index in [1.54, 1.807) is 14.2 Å². The van der Waals surface area contributed by atoms with Crippen molar-refractivity contribution in [3.05, 3.63) is 23.3 Å². The van der Waals surface area contributed by atoms with E-state index >= 15 is 0 Å². The molecule has 0 N–H and O–H groups in total. The zero-order chi connectivity index (χ0) is 16.3. The molecule has 0 saturated carbocycles. The van der Waals surface area contributed by atoms with Crippen LogP contribution in [0.5, 0.6) is 11.5 Å². The van der Waals surface area contributed by atoms with Crippen LogP contribution in [0.3, 0.4) is 0 Å². The summed E-state index contributed by atoms with van der Waals surface area (Å²) in [7, 11) is 3.26. The smallest absolute Gasteiger partial charge is 0.410 e. The van der Waals surface area contributed by atoms with Crippen LogP contribution in [-0.2, 0) is 11.2 Å². The fourth-order valence-corrected chi connectivity index (χ4v) is 3.11. The number of ether oxygens (including phenoxy) is 3. The van der Waals surface area contributed by atoms with Crippen LogP contribution in [0.15, 0.2) is 12.1 Å². The molecule has 5 nitrogen and oxygen atoms in total. The van der Waals surface area contributed by atoms with Crippen molar-refractivity contribution < 1.29 is 19.0 Å². The summed E-state index contributed by atoms with van der Waals surface area (Å²) in [4.78, 5) is 14.1. The average Bonchev–Trinajstić information content (AvgIpc) is 2.52. The molecule has 1 amide bonds. The van der Waals surface area contributed by atoms with E-state index in [1.807, 2.05) is 24.0 Å². The lowest BCUT2D eigenvalue weighted by atomic mass is 9.86. The number of nitrogens with zero attached hydrogens (tertiary/aromatic N) is 1. The second kappa shape index (κ2) is 6.90. The third-order valence-corrected chi connectivity index (χ3v) is 4.06. The lowest BCUT2D eigenvalue weighted by Gasteiger charge is -2.39. The molecule has 1 unspecified atom stereocenters. The Morgan fingerprint density at radius 3 is 2.45 bits per heavy atom. The van der Waals surface area contributed by atoms with Crippen molar-refractivity contribution in [2.24, 2.45) is 5.92 Å². The molecule has 22 heavy (non-hydrogen) atoms. The SMILES string of the molecule is CCOC(=O)N1CCc2cc(OC)c(OC)cc2C1C(C)C. The monoisotopic (exact) mass is 307 g/mol. The van der Waals surface area contributed by atoms with Crippen molar-refractivity contribution in [2.75, 3.05) is 27.4 Å². The molecule has 0 saturated heterocycles. The molecule has 0 radical (unpaired) electrons. The van der Waals surface area contributed by atoms with Gasteiger partial charge in [0.2, 0.25) is 0 Å². The summed E-state index contributed by atoms with van der Waals surface area (Å²) < 4.78 is 16.0. The van der Waals surface area contributed by atoms with Crippen LogP contribution in [0, 0.1) is 5.92 Å². The number of hydrogen-bond acceptors (Lipinski definition) is 4. The van der Waals surface area contributed by atoms with Gasteiger partial charge >= 0.3 is 6.09 Å². The van der Waals surface area contributed by atoms with Gasteiger partial charge in [-0.1, -0.05) is 13.8 Å². The number of benzene rings is 1. The molecule has 0 aliphatic carbocycles. The van der Waals surface area contributed by atoms with Crippen LogP contribution in [0.2, 0.25) is 0 Å². The molecular weight excluding hydrogens is 282 g/mol. The lowest BCUT2D eigenvalue weighted by molar-refractivity contribution is 0.0749. The molecule has 122 valence electrons. The first-order valence-electron chi connectivity index (χ1n) is 7.71. The number of methoxy groups -OCH3 is 2. The van der Waals surface area contributed by atoms with Gasteiger partial charge in [0.15, 0.2) is 11.5 Å². The maximum absolute atomic E-state index is 12.2. The number of hydrogen-bond donors (Lipinski definition) is 0. The molecule has 0 bridgehead atoms. The van der Waals surface area contributed by atoms with Gasteiger partial charge in [-0.15, -0.1) is 0 Å². The Morgan fingerprint density at radius 1 is 1.27 bits per heavy atom. The van der Waals surface area contributed by atoms with Crippen LogP contribution >= 0.6 is 0 Å². The number of carbonyl (C=O) groups excluding carboxylic acids is 1. The highest BCUT2D eigenvalue weighted by molar-refractivity contribution is 5.69. The lowest BCUT2D eigenvalue weighted by Crippen LogP contribution is -2.42. The van der Waals surface area contributed by atoms with Gasteiger partial charge in [0.25, 0.3) is 0 Å². The van der Waals surface area contributed by atoms with E-state index < -0.39 is 0 Å². The topological polar surface area (TPSA) is 48.0 Å². The molecule has 1 aliphatic heterocycles. The van der Waals surface area contributed by atoms with Crippen molar-refractivity contribution in [3.63, 3.8) is 0 Å². The summed E-state index contributed by atoms with van der Waals surface area (Å²) in [6.45, 7) is 7.10.